The maximum absolute atomic E-state index is 13.1. The molecule has 2 aromatic rings. The predicted molar refractivity (Wildman–Crippen MR) is 124 cm³/mol. The largest absolute Gasteiger partial charge is 0.497 e. The van der Waals surface area contributed by atoms with Crippen molar-refractivity contribution in [2.75, 3.05) is 33.2 Å². The first kappa shape index (κ1) is 24.7. The van der Waals surface area contributed by atoms with Crippen molar-refractivity contribution in [3.05, 3.63) is 54.1 Å². The van der Waals surface area contributed by atoms with Gasteiger partial charge in [0.05, 0.1) is 12.0 Å². The van der Waals surface area contributed by atoms with Crippen molar-refractivity contribution >= 4 is 21.6 Å². The lowest BCUT2D eigenvalue weighted by molar-refractivity contribution is -0.132. The van der Waals surface area contributed by atoms with Crippen molar-refractivity contribution in [2.24, 2.45) is 5.92 Å². The van der Waals surface area contributed by atoms with Gasteiger partial charge in [0.25, 0.3) is 0 Å². The summed E-state index contributed by atoms with van der Waals surface area (Å²) in [5.41, 5.74) is 2.05. The zero-order chi connectivity index (χ0) is 23.2. The molecule has 0 aliphatic heterocycles. The smallest absolute Gasteiger partial charge is 0.241 e. The average Bonchev–Trinajstić information content (AvgIpc) is 2.72. The molecule has 31 heavy (non-hydrogen) atoms. The van der Waals surface area contributed by atoms with Crippen LogP contribution in [0.4, 0.5) is 5.69 Å². The van der Waals surface area contributed by atoms with Gasteiger partial charge < -0.3 is 14.5 Å². The zero-order valence-electron chi connectivity index (χ0n) is 19.1. The highest BCUT2D eigenvalue weighted by atomic mass is 32.2. The van der Waals surface area contributed by atoms with Crippen LogP contribution in [0.15, 0.2) is 53.4 Å². The molecule has 0 heterocycles. The van der Waals surface area contributed by atoms with Crippen LogP contribution in [0.25, 0.3) is 0 Å². The normalized spacial score (nSPS) is 12.5. The Morgan fingerprint density at radius 1 is 1.00 bits per heavy atom. The topological polar surface area (TPSA) is 78.9 Å². The SMILES string of the molecule is COc1ccc(S(=O)(=O)NC(CC(C)C)C(=O)N(C)Cc2ccc(N(C)C)cc2)cc1. The molecule has 0 saturated carbocycles. The van der Waals surface area contributed by atoms with Crippen molar-refractivity contribution in [1.29, 1.82) is 0 Å². The number of amides is 1. The highest BCUT2D eigenvalue weighted by molar-refractivity contribution is 7.89. The van der Waals surface area contributed by atoms with Gasteiger partial charge in [-0.05, 0) is 54.3 Å². The van der Waals surface area contributed by atoms with Crippen molar-refractivity contribution < 1.29 is 17.9 Å². The number of nitrogens with one attached hydrogen (secondary N) is 1. The molecule has 170 valence electrons. The lowest BCUT2D eigenvalue weighted by atomic mass is 10.0. The van der Waals surface area contributed by atoms with E-state index in [9.17, 15) is 13.2 Å². The van der Waals surface area contributed by atoms with E-state index in [-0.39, 0.29) is 16.7 Å². The molecule has 1 amide bonds. The monoisotopic (exact) mass is 447 g/mol. The summed E-state index contributed by atoms with van der Waals surface area (Å²) in [6.45, 7) is 4.31. The van der Waals surface area contributed by atoms with Crippen molar-refractivity contribution in [2.45, 2.75) is 37.8 Å². The second-order valence-corrected chi connectivity index (χ2v) is 9.95. The highest BCUT2D eigenvalue weighted by Gasteiger charge is 2.28. The second-order valence-electron chi connectivity index (χ2n) is 8.23. The molecule has 0 radical (unpaired) electrons. The van der Waals surface area contributed by atoms with E-state index in [1.165, 1.54) is 19.2 Å². The summed E-state index contributed by atoms with van der Waals surface area (Å²) in [5, 5.41) is 0. The molecular weight excluding hydrogens is 414 g/mol. The molecule has 8 heteroatoms. The molecular formula is C23H33N3O4S. The average molecular weight is 448 g/mol. The third kappa shape index (κ3) is 6.97. The van der Waals surface area contributed by atoms with E-state index in [0.717, 1.165) is 11.3 Å². The van der Waals surface area contributed by atoms with E-state index in [0.29, 0.717) is 18.7 Å². The minimum absolute atomic E-state index is 0.0942. The third-order valence-corrected chi connectivity index (χ3v) is 6.41. The number of carbonyl (C=O) groups excluding carboxylic acids is 1. The molecule has 2 aromatic carbocycles. The van der Waals surface area contributed by atoms with Crippen molar-refractivity contribution in [3.8, 4) is 5.75 Å². The highest BCUT2D eigenvalue weighted by Crippen LogP contribution is 2.18. The quantitative estimate of drug-likeness (QED) is 0.605. The fourth-order valence-corrected chi connectivity index (χ4v) is 4.40. The van der Waals surface area contributed by atoms with Gasteiger partial charge in [-0.15, -0.1) is 0 Å². The van der Waals surface area contributed by atoms with E-state index in [1.54, 1.807) is 24.1 Å². The Hall–Kier alpha value is -2.58. The Balaban J connectivity index is 2.16. The second kappa shape index (κ2) is 10.6. The van der Waals surface area contributed by atoms with E-state index < -0.39 is 16.1 Å². The summed E-state index contributed by atoms with van der Waals surface area (Å²) in [6, 6.07) is 13.2. The Morgan fingerprint density at radius 2 is 1.58 bits per heavy atom. The van der Waals surface area contributed by atoms with Gasteiger partial charge in [-0.3, -0.25) is 4.79 Å². The van der Waals surface area contributed by atoms with Gasteiger partial charge in [0.1, 0.15) is 11.8 Å². The van der Waals surface area contributed by atoms with E-state index in [1.807, 2.05) is 57.1 Å². The third-order valence-electron chi connectivity index (χ3n) is 4.92. The molecule has 1 unspecified atom stereocenters. The number of nitrogens with zero attached hydrogens (tertiary/aromatic N) is 2. The van der Waals surface area contributed by atoms with Gasteiger partial charge in [-0.25, -0.2) is 8.42 Å². The van der Waals surface area contributed by atoms with Gasteiger partial charge in [0, 0.05) is 33.4 Å². The molecule has 0 fully saturated rings. The zero-order valence-corrected chi connectivity index (χ0v) is 19.9. The Labute approximate surface area is 186 Å². The number of rotatable bonds is 10. The van der Waals surface area contributed by atoms with Crippen LogP contribution in [0.5, 0.6) is 5.75 Å². The van der Waals surface area contributed by atoms with Crippen LogP contribution < -0.4 is 14.4 Å². The number of methoxy groups -OCH3 is 1. The number of likely N-dealkylation sites (N-methyl/N-ethyl adjacent to an activating group) is 1. The fraction of sp³-hybridized carbons (Fsp3) is 0.435. The van der Waals surface area contributed by atoms with Crippen LogP contribution in [0, 0.1) is 5.92 Å². The van der Waals surface area contributed by atoms with Crippen LogP contribution in [-0.2, 0) is 21.4 Å². The van der Waals surface area contributed by atoms with E-state index >= 15 is 0 Å². The lowest BCUT2D eigenvalue weighted by Crippen LogP contribution is -2.47. The minimum Gasteiger partial charge on any atom is -0.497 e. The van der Waals surface area contributed by atoms with Gasteiger partial charge in [-0.2, -0.15) is 4.72 Å². The molecule has 0 spiro atoms. The maximum atomic E-state index is 13.1. The number of hydrogen-bond donors (Lipinski definition) is 1. The van der Waals surface area contributed by atoms with Gasteiger partial charge in [0.15, 0.2) is 0 Å². The molecule has 1 N–H and O–H groups in total. The molecule has 0 aromatic heterocycles. The molecule has 0 saturated heterocycles. The summed E-state index contributed by atoms with van der Waals surface area (Å²) < 4.78 is 33.5. The first-order valence-electron chi connectivity index (χ1n) is 10.2. The van der Waals surface area contributed by atoms with Gasteiger partial charge in [-0.1, -0.05) is 26.0 Å². The van der Waals surface area contributed by atoms with Crippen LogP contribution in [0.2, 0.25) is 0 Å². The predicted octanol–water partition coefficient (Wildman–Crippen LogP) is 3.11. The number of carbonyl (C=O) groups is 1. The van der Waals surface area contributed by atoms with Crippen LogP contribution in [-0.4, -0.2) is 53.5 Å². The number of anilines is 1. The number of hydrogen-bond acceptors (Lipinski definition) is 5. The Morgan fingerprint density at radius 3 is 2.06 bits per heavy atom. The summed E-state index contributed by atoms with van der Waals surface area (Å²) in [5.74, 6) is 0.441. The standard InChI is InChI=1S/C23H33N3O4S/c1-17(2)15-22(24-31(28,29)21-13-11-20(30-6)12-14-21)23(27)26(5)16-18-7-9-19(10-8-18)25(3)4/h7-14,17,22,24H,15-16H2,1-6H3. The molecule has 0 aliphatic carbocycles. The Kier molecular flexibility index (Phi) is 8.47. The van der Waals surface area contributed by atoms with Crippen molar-refractivity contribution in [1.82, 2.24) is 9.62 Å². The molecule has 1 atom stereocenters. The number of ether oxygens (including phenoxy) is 1. The Bertz CT molecular complexity index is 955. The van der Waals surface area contributed by atoms with Crippen LogP contribution >= 0.6 is 0 Å². The number of sulfonamides is 1. The maximum Gasteiger partial charge on any atom is 0.241 e. The lowest BCUT2D eigenvalue weighted by Gasteiger charge is -2.26. The number of benzene rings is 2. The first-order valence-corrected chi connectivity index (χ1v) is 11.7. The van der Waals surface area contributed by atoms with Gasteiger partial charge in [0.2, 0.25) is 15.9 Å². The summed E-state index contributed by atoms with van der Waals surface area (Å²) in [6.07, 6.45) is 0.401. The molecule has 0 bridgehead atoms. The van der Waals surface area contributed by atoms with Crippen LogP contribution in [0.3, 0.4) is 0 Å². The molecule has 2 rings (SSSR count). The van der Waals surface area contributed by atoms with E-state index in [2.05, 4.69) is 4.72 Å². The van der Waals surface area contributed by atoms with Crippen LogP contribution in [0.1, 0.15) is 25.8 Å². The summed E-state index contributed by atoms with van der Waals surface area (Å²) in [7, 11) is 3.29. The molecule has 7 nitrogen and oxygen atoms in total. The minimum atomic E-state index is -3.86. The van der Waals surface area contributed by atoms with E-state index in [4.69, 9.17) is 4.74 Å². The van der Waals surface area contributed by atoms with Crippen molar-refractivity contribution in [3.63, 3.8) is 0 Å². The summed E-state index contributed by atoms with van der Waals surface area (Å²) >= 11 is 0. The first-order chi connectivity index (χ1) is 14.5. The van der Waals surface area contributed by atoms with Gasteiger partial charge >= 0.3 is 0 Å². The summed E-state index contributed by atoms with van der Waals surface area (Å²) in [4.78, 5) is 16.8. The fourth-order valence-electron chi connectivity index (χ4n) is 3.20. The molecule has 0 aliphatic rings.